The second-order valence-electron chi connectivity index (χ2n) is 7.27. The summed E-state index contributed by atoms with van der Waals surface area (Å²) in [4.78, 5) is 17.3. The van der Waals surface area contributed by atoms with Crippen LogP contribution in [0.3, 0.4) is 0 Å². The third kappa shape index (κ3) is 3.67. The highest BCUT2D eigenvalue weighted by atomic mass is 16.2. The van der Waals surface area contributed by atoms with Gasteiger partial charge in [0.1, 0.15) is 0 Å². The number of rotatable bonds is 4. The van der Waals surface area contributed by atoms with E-state index in [-0.39, 0.29) is 12.0 Å². The molecule has 2 saturated heterocycles. The molecule has 0 saturated carbocycles. The number of hydrogen-bond acceptors (Lipinski definition) is 3. The number of piperazine rings is 1. The van der Waals surface area contributed by atoms with Crippen LogP contribution in [0.5, 0.6) is 0 Å². The third-order valence-electron chi connectivity index (χ3n) is 5.63. The maximum absolute atomic E-state index is 12.7. The standard InChI is InChI=1S/C22H27N3O/c26-22(20-11-12-23-17-20)25-15-13-24(14-16-25)21(18-7-3-1-4-8-18)19-9-5-2-6-10-19/h1-10,20-21,23H,11-17H2. The van der Waals surface area contributed by atoms with E-state index in [1.807, 2.05) is 0 Å². The zero-order valence-corrected chi connectivity index (χ0v) is 15.2. The number of carbonyl (C=O) groups excluding carboxylic acids is 1. The molecule has 1 N–H and O–H groups in total. The van der Waals surface area contributed by atoms with Crippen molar-refractivity contribution in [1.29, 1.82) is 0 Å². The largest absolute Gasteiger partial charge is 0.340 e. The van der Waals surface area contributed by atoms with E-state index >= 15 is 0 Å². The van der Waals surface area contributed by atoms with Gasteiger partial charge in [0.15, 0.2) is 0 Å². The molecule has 4 rings (SSSR count). The lowest BCUT2D eigenvalue weighted by atomic mass is 9.96. The van der Waals surface area contributed by atoms with Crippen molar-refractivity contribution in [3.05, 3.63) is 71.8 Å². The predicted octanol–water partition coefficient (Wildman–Crippen LogP) is 2.53. The lowest BCUT2D eigenvalue weighted by molar-refractivity contribution is -0.136. The highest BCUT2D eigenvalue weighted by Gasteiger charge is 2.31. The molecule has 0 aliphatic carbocycles. The first-order chi connectivity index (χ1) is 12.8. The molecule has 4 heteroatoms. The molecule has 2 heterocycles. The normalized spacial score (nSPS) is 21.3. The number of carbonyl (C=O) groups is 1. The first kappa shape index (κ1) is 17.3. The summed E-state index contributed by atoms with van der Waals surface area (Å²) < 4.78 is 0. The average Bonchev–Trinajstić information content (AvgIpc) is 3.25. The third-order valence-corrected chi connectivity index (χ3v) is 5.63. The van der Waals surface area contributed by atoms with E-state index in [0.29, 0.717) is 5.91 Å². The van der Waals surface area contributed by atoms with Crippen molar-refractivity contribution in [2.75, 3.05) is 39.3 Å². The summed E-state index contributed by atoms with van der Waals surface area (Å²) >= 11 is 0. The average molecular weight is 349 g/mol. The van der Waals surface area contributed by atoms with Gasteiger partial charge in [0, 0.05) is 32.7 Å². The van der Waals surface area contributed by atoms with E-state index < -0.39 is 0 Å². The maximum Gasteiger partial charge on any atom is 0.227 e. The highest BCUT2D eigenvalue weighted by molar-refractivity contribution is 5.79. The molecule has 136 valence electrons. The lowest BCUT2D eigenvalue weighted by Gasteiger charge is -2.40. The van der Waals surface area contributed by atoms with Crippen LogP contribution in [0.15, 0.2) is 60.7 Å². The maximum atomic E-state index is 12.7. The fraction of sp³-hybridized carbons (Fsp3) is 0.409. The molecule has 0 spiro atoms. The van der Waals surface area contributed by atoms with Crippen LogP contribution in [-0.4, -0.2) is 55.0 Å². The molecule has 1 amide bonds. The zero-order valence-electron chi connectivity index (χ0n) is 15.2. The number of amides is 1. The van der Waals surface area contributed by atoms with E-state index in [1.54, 1.807) is 0 Å². The van der Waals surface area contributed by atoms with Gasteiger partial charge < -0.3 is 10.2 Å². The molecule has 0 radical (unpaired) electrons. The Labute approximate surface area is 155 Å². The second kappa shape index (κ2) is 8.02. The molecular weight excluding hydrogens is 322 g/mol. The van der Waals surface area contributed by atoms with Crippen molar-refractivity contribution in [2.24, 2.45) is 5.92 Å². The summed E-state index contributed by atoms with van der Waals surface area (Å²) in [5.74, 6) is 0.520. The van der Waals surface area contributed by atoms with Crippen LogP contribution in [0, 0.1) is 5.92 Å². The van der Waals surface area contributed by atoms with Crippen LogP contribution < -0.4 is 5.32 Å². The molecule has 0 aromatic heterocycles. The van der Waals surface area contributed by atoms with Gasteiger partial charge in [-0.1, -0.05) is 60.7 Å². The molecule has 1 atom stereocenters. The smallest absolute Gasteiger partial charge is 0.227 e. The van der Waals surface area contributed by atoms with Gasteiger partial charge in [-0.3, -0.25) is 9.69 Å². The summed E-state index contributed by atoms with van der Waals surface area (Å²) in [6.07, 6.45) is 0.982. The summed E-state index contributed by atoms with van der Waals surface area (Å²) in [7, 11) is 0. The summed E-state index contributed by atoms with van der Waals surface area (Å²) in [5, 5.41) is 3.30. The first-order valence-electron chi connectivity index (χ1n) is 9.66. The van der Waals surface area contributed by atoms with Gasteiger partial charge in [0.2, 0.25) is 5.91 Å². The van der Waals surface area contributed by atoms with Gasteiger partial charge in [0.05, 0.1) is 12.0 Å². The van der Waals surface area contributed by atoms with Crippen molar-refractivity contribution >= 4 is 5.91 Å². The number of hydrogen-bond donors (Lipinski definition) is 1. The molecule has 1 unspecified atom stereocenters. The van der Waals surface area contributed by atoms with Gasteiger partial charge >= 0.3 is 0 Å². The fourth-order valence-corrected chi connectivity index (χ4v) is 4.21. The van der Waals surface area contributed by atoms with Crippen LogP contribution >= 0.6 is 0 Å². The number of nitrogens with zero attached hydrogens (tertiary/aromatic N) is 2. The molecule has 2 aromatic rings. The van der Waals surface area contributed by atoms with Gasteiger partial charge in [0.25, 0.3) is 0 Å². The number of nitrogens with one attached hydrogen (secondary N) is 1. The van der Waals surface area contributed by atoms with E-state index in [1.165, 1.54) is 11.1 Å². The van der Waals surface area contributed by atoms with E-state index in [9.17, 15) is 4.79 Å². The van der Waals surface area contributed by atoms with Gasteiger partial charge in [-0.15, -0.1) is 0 Å². The topological polar surface area (TPSA) is 35.6 Å². The van der Waals surface area contributed by atoms with E-state index in [0.717, 1.165) is 45.7 Å². The lowest BCUT2D eigenvalue weighted by Crippen LogP contribution is -2.51. The number of benzene rings is 2. The van der Waals surface area contributed by atoms with Crippen molar-refractivity contribution in [1.82, 2.24) is 15.1 Å². The van der Waals surface area contributed by atoms with Crippen molar-refractivity contribution in [3.8, 4) is 0 Å². The van der Waals surface area contributed by atoms with Crippen LogP contribution in [0.1, 0.15) is 23.6 Å². The second-order valence-corrected chi connectivity index (χ2v) is 7.27. The summed E-state index contributed by atoms with van der Waals surface area (Å²) in [6, 6.07) is 21.7. The molecule has 2 aromatic carbocycles. The van der Waals surface area contributed by atoms with Gasteiger partial charge in [-0.05, 0) is 24.1 Å². The zero-order chi connectivity index (χ0) is 17.8. The Morgan fingerprint density at radius 2 is 1.46 bits per heavy atom. The summed E-state index contributed by atoms with van der Waals surface area (Å²) in [5.41, 5.74) is 2.64. The Morgan fingerprint density at radius 3 is 1.96 bits per heavy atom. The Balaban J connectivity index is 1.49. The molecule has 2 aliphatic heterocycles. The van der Waals surface area contributed by atoms with E-state index in [2.05, 4.69) is 75.8 Å². The summed E-state index contributed by atoms with van der Waals surface area (Å²) in [6.45, 7) is 5.30. The fourth-order valence-electron chi connectivity index (χ4n) is 4.21. The van der Waals surface area contributed by atoms with Gasteiger partial charge in [-0.25, -0.2) is 0 Å². The molecule has 4 nitrogen and oxygen atoms in total. The van der Waals surface area contributed by atoms with E-state index in [4.69, 9.17) is 0 Å². The Kier molecular flexibility index (Phi) is 5.32. The minimum Gasteiger partial charge on any atom is -0.340 e. The van der Waals surface area contributed by atoms with Crippen LogP contribution in [-0.2, 0) is 4.79 Å². The van der Waals surface area contributed by atoms with Crippen molar-refractivity contribution < 1.29 is 4.79 Å². The Bertz CT molecular complexity index is 665. The van der Waals surface area contributed by atoms with Crippen LogP contribution in [0.25, 0.3) is 0 Å². The quantitative estimate of drug-likeness (QED) is 0.921. The molecular formula is C22H27N3O. The molecule has 0 bridgehead atoms. The minimum absolute atomic E-state index is 0.181. The van der Waals surface area contributed by atoms with Crippen LogP contribution in [0.2, 0.25) is 0 Å². The first-order valence-corrected chi connectivity index (χ1v) is 9.66. The van der Waals surface area contributed by atoms with Crippen molar-refractivity contribution in [2.45, 2.75) is 12.5 Å². The van der Waals surface area contributed by atoms with Crippen molar-refractivity contribution in [3.63, 3.8) is 0 Å². The molecule has 26 heavy (non-hydrogen) atoms. The van der Waals surface area contributed by atoms with Gasteiger partial charge in [-0.2, -0.15) is 0 Å². The Morgan fingerprint density at radius 1 is 0.885 bits per heavy atom. The molecule has 2 aliphatic rings. The molecule has 2 fully saturated rings. The minimum atomic E-state index is 0.181. The van der Waals surface area contributed by atoms with Crippen LogP contribution in [0.4, 0.5) is 0 Å². The Hall–Kier alpha value is -2.17. The highest BCUT2D eigenvalue weighted by Crippen LogP contribution is 2.29. The predicted molar refractivity (Wildman–Crippen MR) is 104 cm³/mol. The SMILES string of the molecule is O=C(C1CCNC1)N1CCN(C(c2ccccc2)c2ccccc2)CC1. The monoisotopic (exact) mass is 349 g/mol.